The van der Waals surface area contributed by atoms with Gasteiger partial charge in [-0.2, -0.15) is 0 Å². The van der Waals surface area contributed by atoms with Crippen LogP contribution in [0.4, 0.5) is 0 Å². The Morgan fingerprint density at radius 3 is 2.18 bits per heavy atom. The first-order valence-electron chi connectivity index (χ1n) is 4.33. The molecule has 2 N–H and O–H groups in total. The maximum Gasteiger partial charge on any atom is 0.0164 e. The van der Waals surface area contributed by atoms with Gasteiger partial charge < -0.3 is 10.6 Å². The summed E-state index contributed by atoms with van der Waals surface area (Å²) in [5.41, 5.74) is 0.391. The van der Waals surface area contributed by atoms with Gasteiger partial charge in [0.15, 0.2) is 0 Å². The second-order valence-electron chi connectivity index (χ2n) is 4.40. The summed E-state index contributed by atoms with van der Waals surface area (Å²) >= 11 is 0. The Balaban J connectivity index is 3.38. The Bertz CT molecular complexity index is 94.2. The molecule has 0 spiro atoms. The molecule has 1 unspecified atom stereocenters. The minimum Gasteiger partial charge on any atom is -0.318 e. The highest BCUT2D eigenvalue weighted by atomic mass is 15.0. The minimum atomic E-state index is 0.391. The number of hydrogen-bond acceptors (Lipinski definition) is 2. The van der Waals surface area contributed by atoms with Gasteiger partial charge in [0.1, 0.15) is 0 Å². The molecule has 0 amide bonds. The van der Waals surface area contributed by atoms with Crippen LogP contribution in [-0.2, 0) is 0 Å². The third kappa shape index (κ3) is 7.82. The van der Waals surface area contributed by atoms with Gasteiger partial charge in [-0.1, -0.05) is 20.8 Å². The van der Waals surface area contributed by atoms with E-state index in [9.17, 15) is 0 Å². The lowest BCUT2D eigenvalue weighted by Gasteiger charge is -2.22. The van der Waals surface area contributed by atoms with Crippen molar-refractivity contribution >= 4 is 0 Å². The summed E-state index contributed by atoms with van der Waals surface area (Å²) in [5, 5.41) is 6.60. The maximum atomic E-state index is 3.46. The normalized spacial score (nSPS) is 15.0. The average Bonchev–Trinajstić information content (AvgIpc) is 1.83. The molecule has 2 heteroatoms. The third-order valence-electron chi connectivity index (χ3n) is 1.49. The highest BCUT2D eigenvalue weighted by molar-refractivity contribution is 4.69. The van der Waals surface area contributed by atoms with Crippen LogP contribution in [0.15, 0.2) is 0 Å². The van der Waals surface area contributed by atoms with E-state index in [-0.39, 0.29) is 0 Å². The molecule has 0 aliphatic carbocycles. The highest BCUT2D eigenvalue weighted by Crippen LogP contribution is 2.10. The van der Waals surface area contributed by atoms with Crippen molar-refractivity contribution in [2.45, 2.75) is 33.7 Å². The van der Waals surface area contributed by atoms with Crippen LogP contribution >= 0.6 is 0 Å². The summed E-state index contributed by atoms with van der Waals surface area (Å²) in [6, 6.07) is 0.569. The summed E-state index contributed by atoms with van der Waals surface area (Å²) in [4.78, 5) is 0. The van der Waals surface area contributed by atoms with Crippen molar-refractivity contribution in [1.82, 2.24) is 10.6 Å². The molecule has 11 heavy (non-hydrogen) atoms. The van der Waals surface area contributed by atoms with Crippen molar-refractivity contribution < 1.29 is 0 Å². The van der Waals surface area contributed by atoms with Gasteiger partial charge in [-0.3, -0.25) is 0 Å². The van der Waals surface area contributed by atoms with Crippen LogP contribution in [0.3, 0.4) is 0 Å². The molecule has 1 atom stereocenters. The van der Waals surface area contributed by atoms with E-state index in [2.05, 4.69) is 38.3 Å². The SMILES string of the molecule is CNCC(C)NCC(C)(C)C. The Morgan fingerprint density at radius 2 is 1.82 bits per heavy atom. The zero-order valence-electron chi connectivity index (χ0n) is 8.49. The summed E-state index contributed by atoms with van der Waals surface area (Å²) in [7, 11) is 1.98. The number of nitrogens with one attached hydrogen (secondary N) is 2. The van der Waals surface area contributed by atoms with Crippen molar-refractivity contribution in [3.05, 3.63) is 0 Å². The van der Waals surface area contributed by atoms with E-state index in [1.807, 2.05) is 7.05 Å². The topological polar surface area (TPSA) is 24.1 Å². The zero-order valence-corrected chi connectivity index (χ0v) is 8.49. The van der Waals surface area contributed by atoms with Crippen LogP contribution in [-0.4, -0.2) is 26.2 Å². The molecule has 0 aromatic rings. The van der Waals surface area contributed by atoms with E-state index in [0.29, 0.717) is 11.5 Å². The zero-order chi connectivity index (χ0) is 8.91. The van der Waals surface area contributed by atoms with Crippen molar-refractivity contribution in [2.75, 3.05) is 20.1 Å². The molecule has 0 heterocycles. The third-order valence-corrected chi connectivity index (χ3v) is 1.49. The molecule has 2 nitrogen and oxygen atoms in total. The molecular formula is C9H22N2. The van der Waals surface area contributed by atoms with E-state index >= 15 is 0 Å². The highest BCUT2D eigenvalue weighted by Gasteiger charge is 2.10. The van der Waals surface area contributed by atoms with Gasteiger partial charge in [-0.05, 0) is 19.4 Å². The lowest BCUT2D eigenvalue weighted by molar-refractivity contribution is 0.354. The van der Waals surface area contributed by atoms with E-state index in [1.165, 1.54) is 0 Å². The molecule has 0 saturated carbocycles. The van der Waals surface area contributed by atoms with E-state index < -0.39 is 0 Å². The Hall–Kier alpha value is -0.0800. The van der Waals surface area contributed by atoms with Crippen LogP contribution < -0.4 is 10.6 Å². The van der Waals surface area contributed by atoms with Gasteiger partial charge in [0.25, 0.3) is 0 Å². The summed E-state index contributed by atoms with van der Waals surface area (Å²) in [5.74, 6) is 0. The second-order valence-corrected chi connectivity index (χ2v) is 4.40. The first kappa shape index (κ1) is 10.9. The summed E-state index contributed by atoms with van der Waals surface area (Å²) in [6.45, 7) is 11.0. The standard InChI is InChI=1S/C9H22N2/c1-8(6-10-5)11-7-9(2,3)4/h8,10-11H,6-7H2,1-5H3. The van der Waals surface area contributed by atoms with Crippen molar-refractivity contribution in [1.29, 1.82) is 0 Å². The van der Waals surface area contributed by atoms with E-state index in [4.69, 9.17) is 0 Å². The molecule has 0 bridgehead atoms. The van der Waals surface area contributed by atoms with Crippen molar-refractivity contribution in [2.24, 2.45) is 5.41 Å². The molecule has 0 aliphatic heterocycles. The Morgan fingerprint density at radius 1 is 1.27 bits per heavy atom. The smallest absolute Gasteiger partial charge is 0.0164 e. The van der Waals surface area contributed by atoms with Crippen LogP contribution in [0.5, 0.6) is 0 Å². The van der Waals surface area contributed by atoms with Gasteiger partial charge in [-0.15, -0.1) is 0 Å². The number of rotatable bonds is 4. The Labute approximate surface area is 70.8 Å². The first-order chi connectivity index (χ1) is 4.95. The molecule has 0 fully saturated rings. The van der Waals surface area contributed by atoms with E-state index in [1.54, 1.807) is 0 Å². The van der Waals surface area contributed by atoms with Crippen LogP contribution in [0.1, 0.15) is 27.7 Å². The molecule has 0 aliphatic rings. The molecule has 0 rings (SSSR count). The Kier molecular flexibility index (Phi) is 4.69. The van der Waals surface area contributed by atoms with Crippen LogP contribution in [0, 0.1) is 5.41 Å². The fraction of sp³-hybridized carbons (Fsp3) is 1.00. The monoisotopic (exact) mass is 158 g/mol. The van der Waals surface area contributed by atoms with E-state index in [0.717, 1.165) is 13.1 Å². The molecule has 0 aromatic heterocycles. The van der Waals surface area contributed by atoms with Gasteiger partial charge >= 0.3 is 0 Å². The van der Waals surface area contributed by atoms with Gasteiger partial charge in [0.2, 0.25) is 0 Å². The molecule has 0 radical (unpaired) electrons. The quantitative estimate of drug-likeness (QED) is 0.643. The number of hydrogen-bond donors (Lipinski definition) is 2. The first-order valence-corrected chi connectivity index (χ1v) is 4.33. The lowest BCUT2D eigenvalue weighted by Crippen LogP contribution is -2.39. The van der Waals surface area contributed by atoms with Gasteiger partial charge in [-0.25, -0.2) is 0 Å². The van der Waals surface area contributed by atoms with Gasteiger partial charge in [0, 0.05) is 19.1 Å². The maximum absolute atomic E-state index is 3.46. The fourth-order valence-corrected chi connectivity index (χ4v) is 0.859. The van der Waals surface area contributed by atoms with Crippen molar-refractivity contribution in [3.63, 3.8) is 0 Å². The summed E-state index contributed by atoms with van der Waals surface area (Å²) < 4.78 is 0. The van der Waals surface area contributed by atoms with Crippen LogP contribution in [0.25, 0.3) is 0 Å². The second kappa shape index (κ2) is 4.73. The summed E-state index contributed by atoms with van der Waals surface area (Å²) in [6.07, 6.45) is 0. The lowest BCUT2D eigenvalue weighted by atomic mass is 9.97. The minimum absolute atomic E-state index is 0.391. The molecular weight excluding hydrogens is 136 g/mol. The predicted octanol–water partition coefficient (Wildman–Crippen LogP) is 1.23. The number of likely N-dealkylation sites (N-methyl/N-ethyl adjacent to an activating group) is 1. The van der Waals surface area contributed by atoms with Crippen LogP contribution in [0.2, 0.25) is 0 Å². The van der Waals surface area contributed by atoms with Gasteiger partial charge in [0.05, 0.1) is 0 Å². The average molecular weight is 158 g/mol. The molecule has 68 valence electrons. The predicted molar refractivity (Wildman–Crippen MR) is 50.8 cm³/mol. The van der Waals surface area contributed by atoms with Crippen molar-refractivity contribution in [3.8, 4) is 0 Å². The molecule has 0 saturated heterocycles. The fourth-order valence-electron chi connectivity index (χ4n) is 0.859. The largest absolute Gasteiger partial charge is 0.318 e. The molecule has 0 aromatic carbocycles.